The second-order valence-corrected chi connectivity index (χ2v) is 7.97. The quantitative estimate of drug-likeness (QED) is 0.585. The third-order valence-electron chi connectivity index (χ3n) is 2.57. The SMILES string of the molecule is CCS(=O)(=O)Nc1ccc(S(=O)(=O)NCCCN)cc1F. The Morgan fingerprint density at radius 2 is 1.90 bits per heavy atom. The number of hydrogen-bond acceptors (Lipinski definition) is 5. The van der Waals surface area contributed by atoms with Crippen molar-refractivity contribution < 1.29 is 21.2 Å². The Morgan fingerprint density at radius 3 is 2.43 bits per heavy atom. The van der Waals surface area contributed by atoms with Crippen LogP contribution in [0, 0.1) is 5.82 Å². The summed E-state index contributed by atoms with van der Waals surface area (Å²) < 4.78 is 64.5. The molecule has 21 heavy (non-hydrogen) atoms. The zero-order chi connectivity index (χ0) is 16.1. The number of halogens is 1. The molecule has 0 aromatic heterocycles. The second-order valence-electron chi connectivity index (χ2n) is 4.19. The Balaban J connectivity index is 2.97. The molecule has 4 N–H and O–H groups in total. The van der Waals surface area contributed by atoms with Crippen molar-refractivity contribution in [3.05, 3.63) is 24.0 Å². The fourth-order valence-electron chi connectivity index (χ4n) is 1.38. The average molecular weight is 339 g/mol. The molecule has 0 fully saturated rings. The number of rotatable bonds is 8. The number of sulfonamides is 2. The van der Waals surface area contributed by atoms with Gasteiger partial charge in [-0.05, 0) is 38.1 Å². The molecular weight excluding hydrogens is 321 g/mol. The molecule has 7 nitrogen and oxygen atoms in total. The van der Waals surface area contributed by atoms with Crippen LogP contribution in [0.2, 0.25) is 0 Å². The van der Waals surface area contributed by atoms with E-state index < -0.39 is 25.9 Å². The normalized spacial score (nSPS) is 12.3. The zero-order valence-corrected chi connectivity index (χ0v) is 13.1. The minimum Gasteiger partial charge on any atom is -0.330 e. The van der Waals surface area contributed by atoms with E-state index in [1.807, 2.05) is 4.72 Å². The molecule has 0 atom stereocenters. The third kappa shape index (κ3) is 5.23. The van der Waals surface area contributed by atoms with Gasteiger partial charge in [-0.25, -0.2) is 25.9 Å². The van der Waals surface area contributed by atoms with Crippen LogP contribution in [0.5, 0.6) is 0 Å². The molecule has 0 heterocycles. The predicted octanol–water partition coefficient (Wildman–Crippen LogP) is 0.214. The maximum atomic E-state index is 13.8. The lowest BCUT2D eigenvalue weighted by atomic mass is 10.3. The highest BCUT2D eigenvalue weighted by Gasteiger charge is 2.17. The largest absolute Gasteiger partial charge is 0.330 e. The summed E-state index contributed by atoms with van der Waals surface area (Å²) in [7, 11) is -7.47. The summed E-state index contributed by atoms with van der Waals surface area (Å²) >= 11 is 0. The standard InChI is InChI=1S/C11H18FN3O4S2/c1-2-20(16,17)15-11-5-4-9(8-10(11)12)21(18,19)14-7-3-6-13/h4-5,8,14-15H,2-3,6-7,13H2,1H3. The Labute approximate surface area is 123 Å². The highest BCUT2D eigenvalue weighted by atomic mass is 32.2. The van der Waals surface area contributed by atoms with E-state index in [0.29, 0.717) is 13.0 Å². The molecular formula is C11H18FN3O4S2. The van der Waals surface area contributed by atoms with Crippen LogP contribution in [0.3, 0.4) is 0 Å². The van der Waals surface area contributed by atoms with Gasteiger partial charge in [0.05, 0.1) is 16.3 Å². The highest BCUT2D eigenvalue weighted by molar-refractivity contribution is 7.92. The summed E-state index contributed by atoms with van der Waals surface area (Å²) in [6.45, 7) is 1.87. The van der Waals surface area contributed by atoms with E-state index in [9.17, 15) is 21.2 Å². The molecule has 1 aromatic carbocycles. The van der Waals surface area contributed by atoms with Crippen molar-refractivity contribution in [1.82, 2.24) is 4.72 Å². The number of benzene rings is 1. The maximum Gasteiger partial charge on any atom is 0.240 e. The van der Waals surface area contributed by atoms with Gasteiger partial charge in [0.25, 0.3) is 0 Å². The number of nitrogens with one attached hydrogen (secondary N) is 2. The first kappa shape index (κ1) is 17.8. The molecule has 0 unspecified atom stereocenters. The Morgan fingerprint density at radius 1 is 1.24 bits per heavy atom. The minimum atomic E-state index is -3.84. The molecule has 0 saturated carbocycles. The van der Waals surface area contributed by atoms with Crippen molar-refractivity contribution >= 4 is 25.7 Å². The molecule has 0 aliphatic rings. The van der Waals surface area contributed by atoms with Gasteiger partial charge in [-0.1, -0.05) is 0 Å². The monoisotopic (exact) mass is 339 g/mol. The van der Waals surface area contributed by atoms with E-state index >= 15 is 0 Å². The molecule has 0 saturated heterocycles. The fourth-order valence-corrected chi connectivity index (χ4v) is 3.11. The number of hydrogen-bond donors (Lipinski definition) is 3. The van der Waals surface area contributed by atoms with Gasteiger partial charge in [0.15, 0.2) is 0 Å². The van der Waals surface area contributed by atoms with E-state index in [1.54, 1.807) is 0 Å². The molecule has 0 aliphatic carbocycles. The van der Waals surface area contributed by atoms with Crippen LogP contribution >= 0.6 is 0 Å². The van der Waals surface area contributed by atoms with Crippen LogP contribution in [-0.2, 0) is 20.0 Å². The van der Waals surface area contributed by atoms with Gasteiger partial charge in [-0.3, -0.25) is 4.72 Å². The zero-order valence-electron chi connectivity index (χ0n) is 11.5. The van der Waals surface area contributed by atoms with Gasteiger partial charge in [-0.2, -0.15) is 0 Å². The fraction of sp³-hybridized carbons (Fsp3) is 0.455. The summed E-state index contributed by atoms with van der Waals surface area (Å²) in [5.74, 6) is -1.18. The number of anilines is 1. The summed E-state index contributed by atoms with van der Waals surface area (Å²) in [6.07, 6.45) is 0.454. The first-order valence-corrected chi connectivity index (χ1v) is 9.35. The van der Waals surface area contributed by atoms with Gasteiger partial charge in [0.2, 0.25) is 20.0 Å². The summed E-state index contributed by atoms with van der Waals surface area (Å²) in [4.78, 5) is -0.281. The van der Waals surface area contributed by atoms with Crippen molar-refractivity contribution in [2.45, 2.75) is 18.2 Å². The first-order chi connectivity index (χ1) is 9.72. The second kappa shape index (κ2) is 7.16. The van der Waals surface area contributed by atoms with E-state index in [0.717, 1.165) is 18.2 Å². The smallest absolute Gasteiger partial charge is 0.240 e. The molecule has 0 amide bonds. The van der Waals surface area contributed by atoms with Crippen LogP contribution in [0.1, 0.15) is 13.3 Å². The van der Waals surface area contributed by atoms with Crippen LogP contribution in [-0.4, -0.2) is 35.7 Å². The first-order valence-electron chi connectivity index (χ1n) is 6.21. The Hall–Kier alpha value is -1.23. The van der Waals surface area contributed by atoms with Gasteiger partial charge in [0.1, 0.15) is 5.82 Å². The molecule has 0 aliphatic heterocycles. The summed E-state index contributed by atoms with van der Waals surface area (Å²) in [6, 6.07) is 2.96. The van der Waals surface area contributed by atoms with Crippen LogP contribution in [0.4, 0.5) is 10.1 Å². The molecule has 1 rings (SSSR count). The highest BCUT2D eigenvalue weighted by Crippen LogP contribution is 2.20. The van der Waals surface area contributed by atoms with Crippen LogP contribution < -0.4 is 15.2 Å². The van der Waals surface area contributed by atoms with Crippen LogP contribution in [0.25, 0.3) is 0 Å². The molecule has 0 bridgehead atoms. The molecule has 0 radical (unpaired) electrons. The lowest BCUT2D eigenvalue weighted by Crippen LogP contribution is -2.26. The maximum absolute atomic E-state index is 13.8. The van der Waals surface area contributed by atoms with E-state index in [-0.39, 0.29) is 22.9 Å². The summed E-state index contributed by atoms with van der Waals surface area (Å²) in [5.41, 5.74) is 4.96. The van der Waals surface area contributed by atoms with Crippen molar-refractivity contribution in [2.75, 3.05) is 23.6 Å². The van der Waals surface area contributed by atoms with Crippen molar-refractivity contribution in [2.24, 2.45) is 5.73 Å². The number of nitrogens with two attached hydrogens (primary N) is 1. The molecule has 1 aromatic rings. The predicted molar refractivity (Wildman–Crippen MR) is 78.3 cm³/mol. The molecule has 10 heteroatoms. The molecule has 0 spiro atoms. The van der Waals surface area contributed by atoms with Gasteiger partial charge >= 0.3 is 0 Å². The van der Waals surface area contributed by atoms with E-state index in [1.165, 1.54) is 6.92 Å². The van der Waals surface area contributed by atoms with Crippen molar-refractivity contribution in [3.8, 4) is 0 Å². The van der Waals surface area contributed by atoms with Crippen molar-refractivity contribution in [3.63, 3.8) is 0 Å². The van der Waals surface area contributed by atoms with Gasteiger partial charge < -0.3 is 5.73 Å². The summed E-state index contributed by atoms with van der Waals surface area (Å²) in [5, 5.41) is 0. The third-order valence-corrected chi connectivity index (χ3v) is 5.32. The lowest BCUT2D eigenvalue weighted by Gasteiger charge is -2.10. The van der Waals surface area contributed by atoms with E-state index in [4.69, 9.17) is 5.73 Å². The minimum absolute atomic E-state index is 0.144. The van der Waals surface area contributed by atoms with Gasteiger partial charge in [0, 0.05) is 6.54 Å². The topological polar surface area (TPSA) is 118 Å². The van der Waals surface area contributed by atoms with Crippen molar-refractivity contribution in [1.29, 1.82) is 0 Å². The van der Waals surface area contributed by atoms with Crippen LogP contribution in [0.15, 0.2) is 23.1 Å². The van der Waals surface area contributed by atoms with Gasteiger partial charge in [-0.15, -0.1) is 0 Å². The Kier molecular flexibility index (Phi) is 6.08. The van der Waals surface area contributed by atoms with E-state index in [2.05, 4.69) is 4.72 Å². The molecule has 120 valence electrons. The Bertz CT molecular complexity index is 689. The lowest BCUT2D eigenvalue weighted by molar-refractivity contribution is 0.576. The average Bonchev–Trinajstić information content (AvgIpc) is 2.41.